The highest BCUT2D eigenvalue weighted by Gasteiger charge is 2.24. The summed E-state index contributed by atoms with van der Waals surface area (Å²) >= 11 is 0. The lowest BCUT2D eigenvalue weighted by Crippen LogP contribution is -2.44. The molecule has 2 heterocycles. The Hall–Kier alpha value is -1.43. The smallest absolute Gasteiger partial charge is 0.271 e. The number of nitrogens with zero attached hydrogens (tertiary/aromatic N) is 2. The van der Waals surface area contributed by atoms with Crippen LogP contribution in [0, 0.1) is 0 Å². The van der Waals surface area contributed by atoms with Gasteiger partial charge in [-0.15, -0.1) is 0 Å². The largest absolute Gasteiger partial charge is 0.361 e. The van der Waals surface area contributed by atoms with Crippen molar-refractivity contribution in [2.45, 2.75) is 19.3 Å². The fraction of sp³-hybridized carbons (Fsp3) is 0.667. The van der Waals surface area contributed by atoms with Crippen molar-refractivity contribution < 1.29 is 14.3 Å². The Morgan fingerprint density at radius 2 is 2.33 bits per heavy atom. The fourth-order valence-corrected chi connectivity index (χ4v) is 1.57. The van der Waals surface area contributed by atoms with E-state index in [1.165, 1.54) is 0 Å². The molecule has 0 aromatic heterocycles. The molecule has 2 aliphatic heterocycles. The second-order valence-electron chi connectivity index (χ2n) is 3.55. The summed E-state index contributed by atoms with van der Waals surface area (Å²) in [5.74, 6) is -0.267. The minimum Gasteiger partial charge on any atom is -0.361 e. The van der Waals surface area contributed by atoms with Crippen molar-refractivity contribution in [1.29, 1.82) is 0 Å². The summed E-state index contributed by atoms with van der Waals surface area (Å²) in [4.78, 5) is 24.3. The minimum absolute atomic E-state index is 0.130. The van der Waals surface area contributed by atoms with Gasteiger partial charge in [-0.05, 0) is 6.42 Å². The fourth-order valence-electron chi connectivity index (χ4n) is 1.57. The summed E-state index contributed by atoms with van der Waals surface area (Å²) < 4.78 is 5.18. The van der Waals surface area contributed by atoms with E-state index in [1.54, 1.807) is 4.90 Å². The highest BCUT2D eigenvalue weighted by Crippen LogP contribution is 2.07. The molecule has 2 aliphatic rings. The zero-order chi connectivity index (χ0) is 10.7. The van der Waals surface area contributed by atoms with E-state index in [4.69, 9.17) is 4.74 Å². The first-order chi connectivity index (χ1) is 7.27. The molecule has 1 N–H and O–H groups in total. The van der Waals surface area contributed by atoms with Gasteiger partial charge in [0.1, 0.15) is 12.4 Å². The van der Waals surface area contributed by atoms with Crippen LogP contribution in [-0.4, -0.2) is 42.3 Å². The molecule has 0 atom stereocenters. The van der Waals surface area contributed by atoms with Gasteiger partial charge < -0.3 is 9.64 Å². The summed E-state index contributed by atoms with van der Waals surface area (Å²) in [6.07, 6.45) is 1.60. The van der Waals surface area contributed by atoms with Crippen molar-refractivity contribution >= 4 is 17.5 Å². The Balaban J connectivity index is 1.97. The second-order valence-corrected chi connectivity index (χ2v) is 3.55. The zero-order valence-electron chi connectivity index (χ0n) is 8.36. The van der Waals surface area contributed by atoms with Crippen molar-refractivity contribution in [1.82, 2.24) is 10.3 Å². The molecule has 0 aliphatic carbocycles. The first kappa shape index (κ1) is 10.1. The van der Waals surface area contributed by atoms with Crippen LogP contribution in [0.15, 0.2) is 5.10 Å². The van der Waals surface area contributed by atoms with Crippen LogP contribution in [0.3, 0.4) is 0 Å². The molecule has 15 heavy (non-hydrogen) atoms. The Morgan fingerprint density at radius 3 is 2.93 bits per heavy atom. The summed E-state index contributed by atoms with van der Waals surface area (Å²) in [7, 11) is 0. The van der Waals surface area contributed by atoms with Gasteiger partial charge in [0, 0.05) is 19.4 Å². The van der Waals surface area contributed by atoms with E-state index in [9.17, 15) is 9.59 Å². The molecule has 0 spiro atoms. The van der Waals surface area contributed by atoms with Crippen LogP contribution in [0.4, 0.5) is 0 Å². The number of hydrazone groups is 1. The standard InChI is InChI=1S/C9H13N3O3/c13-8-3-2-7(10-11-8)9(14)12-4-1-5-15-6-12/h1-6H2,(H,11,13). The minimum atomic E-state index is -0.138. The predicted octanol–water partition coefficient (Wildman–Crippen LogP) is -0.541. The average Bonchev–Trinajstić information content (AvgIpc) is 2.30. The number of nitrogens with one attached hydrogen (secondary N) is 1. The maximum Gasteiger partial charge on any atom is 0.271 e. The molecule has 0 radical (unpaired) electrons. The van der Waals surface area contributed by atoms with Gasteiger partial charge in [0.2, 0.25) is 5.91 Å². The monoisotopic (exact) mass is 211 g/mol. The lowest BCUT2D eigenvalue weighted by molar-refractivity contribution is -0.133. The molecule has 1 saturated heterocycles. The maximum absolute atomic E-state index is 11.8. The van der Waals surface area contributed by atoms with Crippen molar-refractivity contribution in [2.75, 3.05) is 19.9 Å². The number of ether oxygens (including phenoxy) is 1. The van der Waals surface area contributed by atoms with Gasteiger partial charge in [-0.2, -0.15) is 5.10 Å². The van der Waals surface area contributed by atoms with E-state index in [1.807, 2.05) is 0 Å². The number of carbonyl (C=O) groups is 2. The molecule has 1 fully saturated rings. The lowest BCUT2D eigenvalue weighted by Gasteiger charge is -2.27. The van der Waals surface area contributed by atoms with Crippen LogP contribution in [0.1, 0.15) is 19.3 Å². The zero-order valence-corrected chi connectivity index (χ0v) is 8.36. The highest BCUT2D eigenvalue weighted by atomic mass is 16.5. The number of carbonyl (C=O) groups excluding carboxylic acids is 2. The lowest BCUT2D eigenvalue weighted by atomic mass is 10.1. The molecular formula is C9H13N3O3. The van der Waals surface area contributed by atoms with Crippen LogP contribution >= 0.6 is 0 Å². The third-order valence-electron chi connectivity index (χ3n) is 2.40. The third-order valence-corrected chi connectivity index (χ3v) is 2.40. The van der Waals surface area contributed by atoms with Crippen LogP contribution in [0.5, 0.6) is 0 Å². The summed E-state index contributed by atoms with van der Waals surface area (Å²) in [5, 5.41) is 3.76. The second kappa shape index (κ2) is 4.39. The highest BCUT2D eigenvalue weighted by molar-refractivity contribution is 6.39. The number of amides is 2. The summed E-state index contributed by atoms with van der Waals surface area (Å²) in [5.41, 5.74) is 2.73. The van der Waals surface area contributed by atoms with Gasteiger partial charge in [0.15, 0.2) is 0 Å². The first-order valence-corrected chi connectivity index (χ1v) is 5.00. The van der Waals surface area contributed by atoms with Crippen LogP contribution in [0.25, 0.3) is 0 Å². The van der Waals surface area contributed by atoms with E-state index in [0.29, 0.717) is 38.4 Å². The summed E-state index contributed by atoms with van der Waals surface area (Å²) in [6, 6.07) is 0. The predicted molar refractivity (Wildman–Crippen MR) is 52.0 cm³/mol. The Bertz CT molecular complexity index is 308. The maximum atomic E-state index is 11.8. The molecular weight excluding hydrogens is 198 g/mol. The van der Waals surface area contributed by atoms with E-state index in [2.05, 4.69) is 10.5 Å². The van der Waals surface area contributed by atoms with Crippen LogP contribution < -0.4 is 5.43 Å². The van der Waals surface area contributed by atoms with Gasteiger partial charge in [-0.3, -0.25) is 9.59 Å². The first-order valence-electron chi connectivity index (χ1n) is 5.00. The van der Waals surface area contributed by atoms with E-state index in [-0.39, 0.29) is 11.8 Å². The average molecular weight is 211 g/mol. The molecule has 0 unspecified atom stereocenters. The third kappa shape index (κ3) is 2.33. The van der Waals surface area contributed by atoms with Crippen LogP contribution in [0.2, 0.25) is 0 Å². The summed E-state index contributed by atoms with van der Waals surface area (Å²) in [6.45, 7) is 1.73. The SMILES string of the molecule is O=C1CCC(C(=O)N2CCCOC2)=NN1. The van der Waals surface area contributed by atoms with Crippen molar-refractivity contribution in [3.63, 3.8) is 0 Å². The van der Waals surface area contributed by atoms with E-state index in [0.717, 1.165) is 6.42 Å². The van der Waals surface area contributed by atoms with Crippen molar-refractivity contribution in [2.24, 2.45) is 5.10 Å². The Morgan fingerprint density at radius 1 is 1.47 bits per heavy atom. The molecule has 2 amide bonds. The molecule has 0 aromatic carbocycles. The Labute approximate surface area is 87.3 Å². The molecule has 2 rings (SSSR count). The van der Waals surface area contributed by atoms with Crippen molar-refractivity contribution in [3.05, 3.63) is 0 Å². The van der Waals surface area contributed by atoms with E-state index >= 15 is 0 Å². The normalized spacial score (nSPS) is 22.0. The van der Waals surface area contributed by atoms with Gasteiger partial charge in [-0.1, -0.05) is 0 Å². The Kier molecular flexibility index (Phi) is 2.96. The molecule has 0 aromatic rings. The van der Waals surface area contributed by atoms with Crippen LogP contribution in [-0.2, 0) is 14.3 Å². The van der Waals surface area contributed by atoms with Gasteiger partial charge in [0.05, 0.1) is 6.61 Å². The van der Waals surface area contributed by atoms with Gasteiger partial charge in [0.25, 0.3) is 5.91 Å². The number of hydrogen-bond donors (Lipinski definition) is 1. The molecule has 6 heteroatoms. The van der Waals surface area contributed by atoms with Gasteiger partial charge >= 0.3 is 0 Å². The molecule has 0 bridgehead atoms. The molecule has 82 valence electrons. The topological polar surface area (TPSA) is 71.0 Å². The van der Waals surface area contributed by atoms with Crippen molar-refractivity contribution in [3.8, 4) is 0 Å². The molecule has 0 saturated carbocycles. The number of rotatable bonds is 1. The number of hydrogen-bond acceptors (Lipinski definition) is 4. The quantitative estimate of drug-likeness (QED) is 0.633. The molecule has 6 nitrogen and oxygen atoms in total. The van der Waals surface area contributed by atoms with Gasteiger partial charge in [-0.25, -0.2) is 5.43 Å². The van der Waals surface area contributed by atoms with E-state index < -0.39 is 0 Å².